The van der Waals surface area contributed by atoms with E-state index >= 15 is 0 Å². The smallest absolute Gasteiger partial charge is 0.313 e. The molecule has 1 atom stereocenters. The van der Waals surface area contributed by atoms with E-state index in [9.17, 15) is 13.2 Å². The molecule has 1 aromatic carbocycles. The molecule has 3 rings (SSSR count). The van der Waals surface area contributed by atoms with Gasteiger partial charge >= 0.3 is 6.18 Å². The summed E-state index contributed by atoms with van der Waals surface area (Å²) in [4.78, 5) is 7.35. The van der Waals surface area contributed by atoms with Gasteiger partial charge in [-0.2, -0.15) is 13.2 Å². The van der Waals surface area contributed by atoms with Gasteiger partial charge in [0.05, 0.1) is 18.1 Å². The topological polar surface area (TPSA) is 49.8 Å². The fourth-order valence-electron chi connectivity index (χ4n) is 2.79. The zero-order chi connectivity index (χ0) is 17.0. The summed E-state index contributed by atoms with van der Waals surface area (Å²) in [7, 11) is 0. The lowest BCUT2D eigenvalue weighted by Crippen LogP contribution is -2.33. The van der Waals surface area contributed by atoms with Crippen LogP contribution >= 0.6 is 0 Å². The van der Waals surface area contributed by atoms with Gasteiger partial charge in [0, 0.05) is 24.7 Å². The summed E-state index contributed by atoms with van der Waals surface area (Å²) in [6.45, 7) is 2.69. The molecular formula is C17H19F3N4. The lowest BCUT2D eigenvalue weighted by molar-refractivity contribution is -0.141. The molecule has 2 heterocycles. The van der Waals surface area contributed by atoms with Crippen LogP contribution in [0.5, 0.6) is 0 Å². The van der Waals surface area contributed by atoms with Gasteiger partial charge in [-0.05, 0) is 31.0 Å². The van der Waals surface area contributed by atoms with Crippen LogP contribution in [0.15, 0.2) is 36.7 Å². The highest BCUT2D eigenvalue weighted by Gasteiger charge is 2.32. The van der Waals surface area contributed by atoms with Gasteiger partial charge < -0.3 is 10.6 Å². The molecule has 0 spiro atoms. The van der Waals surface area contributed by atoms with Crippen molar-refractivity contribution >= 4 is 0 Å². The van der Waals surface area contributed by atoms with E-state index in [-0.39, 0.29) is 0 Å². The Kier molecular flexibility index (Phi) is 5.11. The molecule has 7 heteroatoms. The Balaban J connectivity index is 1.63. The van der Waals surface area contributed by atoms with E-state index < -0.39 is 11.9 Å². The summed E-state index contributed by atoms with van der Waals surface area (Å²) >= 11 is 0. The molecule has 1 aliphatic rings. The average molecular weight is 336 g/mol. The maximum atomic E-state index is 12.5. The standard InChI is InChI=1S/C17H19F3N4/c18-17(19,20)16-11-23-15(10-24-16)13-4-1-3-12(7-13)8-21-9-14-5-2-6-22-14/h1,3-4,7,10-11,14,21-22H,2,5-6,8-9H2. The molecule has 0 bridgehead atoms. The predicted molar refractivity (Wildman–Crippen MR) is 85.2 cm³/mol. The number of benzene rings is 1. The number of alkyl halides is 3. The van der Waals surface area contributed by atoms with Crippen LogP contribution in [0.3, 0.4) is 0 Å². The van der Waals surface area contributed by atoms with Crippen molar-refractivity contribution in [1.82, 2.24) is 20.6 Å². The molecule has 1 unspecified atom stereocenters. The van der Waals surface area contributed by atoms with Gasteiger partial charge in [-0.3, -0.25) is 4.98 Å². The van der Waals surface area contributed by atoms with Crippen LogP contribution in [-0.2, 0) is 12.7 Å². The average Bonchev–Trinajstić information content (AvgIpc) is 3.08. The molecule has 0 radical (unpaired) electrons. The molecular weight excluding hydrogens is 317 g/mol. The lowest BCUT2D eigenvalue weighted by atomic mass is 10.1. The lowest BCUT2D eigenvalue weighted by Gasteiger charge is -2.12. The van der Waals surface area contributed by atoms with Gasteiger partial charge in [0.2, 0.25) is 0 Å². The van der Waals surface area contributed by atoms with Crippen molar-refractivity contribution in [3.8, 4) is 11.3 Å². The molecule has 0 aliphatic carbocycles. The van der Waals surface area contributed by atoms with Crippen molar-refractivity contribution in [2.24, 2.45) is 0 Å². The maximum Gasteiger partial charge on any atom is 0.434 e. The van der Waals surface area contributed by atoms with Crippen molar-refractivity contribution in [3.63, 3.8) is 0 Å². The highest BCUT2D eigenvalue weighted by molar-refractivity contribution is 5.58. The number of rotatable bonds is 5. The largest absolute Gasteiger partial charge is 0.434 e. The summed E-state index contributed by atoms with van der Waals surface area (Å²) in [6.07, 6.45) is -0.127. The first-order valence-corrected chi connectivity index (χ1v) is 7.95. The van der Waals surface area contributed by atoms with Crippen molar-refractivity contribution in [3.05, 3.63) is 47.9 Å². The molecule has 4 nitrogen and oxygen atoms in total. The van der Waals surface area contributed by atoms with Gasteiger partial charge in [-0.25, -0.2) is 4.98 Å². The van der Waals surface area contributed by atoms with Gasteiger partial charge in [-0.15, -0.1) is 0 Å². The zero-order valence-corrected chi connectivity index (χ0v) is 13.1. The van der Waals surface area contributed by atoms with E-state index in [1.54, 1.807) is 0 Å². The second-order valence-corrected chi connectivity index (χ2v) is 5.91. The van der Waals surface area contributed by atoms with Crippen molar-refractivity contribution < 1.29 is 13.2 Å². The first-order valence-electron chi connectivity index (χ1n) is 7.95. The molecule has 1 aliphatic heterocycles. The van der Waals surface area contributed by atoms with Gasteiger partial charge in [0.1, 0.15) is 0 Å². The number of hydrogen-bond acceptors (Lipinski definition) is 4. The minimum atomic E-state index is -4.47. The van der Waals surface area contributed by atoms with E-state index in [2.05, 4.69) is 20.6 Å². The van der Waals surface area contributed by atoms with Gasteiger partial charge in [0.25, 0.3) is 0 Å². The molecule has 0 amide bonds. The second kappa shape index (κ2) is 7.27. The molecule has 24 heavy (non-hydrogen) atoms. The maximum absolute atomic E-state index is 12.5. The summed E-state index contributed by atoms with van der Waals surface area (Å²) in [6, 6.07) is 8.12. The molecule has 1 aromatic heterocycles. The predicted octanol–water partition coefficient (Wildman–Crippen LogP) is 3.00. The summed E-state index contributed by atoms with van der Waals surface area (Å²) in [5.74, 6) is 0. The zero-order valence-electron chi connectivity index (χ0n) is 13.1. The molecule has 1 fully saturated rings. The van der Waals surface area contributed by atoms with Crippen LogP contribution in [-0.4, -0.2) is 29.1 Å². The van der Waals surface area contributed by atoms with E-state index in [4.69, 9.17) is 0 Å². The van der Waals surface area contributed by atoms with Crippen LogP contribution in [0.4, 0.5) is 13.2 Å². The minimum Gasteiger partial charge on any atom is -0.313 e. The Labute approximate surface area is 138 Å². The highest BCUT2D eigenvalue weighted by Crippen LogP contribution is 2.27. The Morgan fingerprint density at radius 3 is 2.75 bits per heavy atom. The minimum absolute atomic E-state index is 0.433. The normalized spacial score (nSPS) is 18.0. The molecule has 2 aromatic rings. The number of nitrogens with zero attached hydrogens (tertiary/aromatic N) is 2. The van der Waals surface area contributed by atoms with Crippen LogP contribution in [0.1, 0.15) is 24.1 Å². The first-order chi connectivity index (χ1) is 11.5. The van der Waals surface area contributed by atoms with E-state index in [0.29, 0.717) is 18.3 Å². The third-order valence-corrected chi connectivity index (χ3v) is 4.05. The second-order valence-electron chi connectivity index (χ2n) is 5.91. The Hall–Kier alpha value is -1.99. The van der Waals surface area contributed by atoms with Crippen molar-refractivity contribution in [2.45, 2.75) is 31.6 Å². The van der Waals surface area contributed by atoms with Crippen LogP contribution in [0.25, 0.3) is 11.3 Å². The Bertz CT molecular complexity index is 664. The fraction of sp³-hybridized carbons (Fsp3) is 0.412. The third-order valence-electron chi connectivity index (χ3n) is 4.05. The summed E-state index contributed by atoms with van der Waals surface area (Å²) < 4.78 is 37.6. The van der Waals surface area contributed by atoms with E-state index in [1.165, 1.54) is 12.8 Å². The number of hydrogen-bond donors (Lipinski definition) is 2. The van der Waals surface area contributed by atoms with Crippen molar-refractivity contribution in [2.75, 3.05) is 13.1 Å². The quantitative estimate of drug-likeness (QED) is 0.881. The number of halogens is 3. The fourth-order valence-corrected chi connectivity index (χ4v) is 2.79. The third kappa shape index (κ3) is 4.30. The van der Waals surface area contributed by atoms with Crippen molar-refractivity contribution in [1.29, 1.82) is 0 Å². The Morgan fingerprint density at radius 1 is 1.21 bits per heavy atom. The molecule has 2 N–H and O–H groups in total. The first kappa shape index (κ1) is 16.9. The van der Waals surface area contributed by atoms with E-state index in [1.807, 2.05) is 24.3 Å². The number of aromatic nitrogens is 2. The highest BCUT2D eigenvalue weighted by atomic mass is 19.4. The number of nitrogens with one attached hydrogen (secondary N) is 2. The molecule has 128 valence electrons. The van der Waals surface area contributed by atoms with Gasteiger partial charge in [0.15, 0.2) is 5.69 Å². The van der Waals surface area contributed by atoms with Crippen LogP contribution in [0, 0.1) is 0 Å². The Morgan fingerprint density at radius 2 is 2.08 bits per heavy atom. The molecule has 1 saturated heterocycles. The monoisotopic (exact) mass is 336 g/mol. The van der Waals surface area contributed by atoms with Crippen LogP contribution < -0.4 is 10.6 Å². The summed E-state index contributed by atoms with van der Waals surface area (Å²) in [5.41, 5.74) is 1.28. The summed E-state index contributed by atoms with van der Waals surface area (Å²) in [5, 5.41) is 6.83. The van der Waals surface area contributed by atoms with E-state index in [0.717, 1.165) is 36.6 Å². The SMILES string of the molecule is FC(F)(F)c1cnc(-c2cccc(CNCC3CCCN3)c2)cn1. The van der Waals surface area contributed by atoms with Crippen LogP contribution in [0.2, 0.25) is 0 Å². The van der Waals surface area contributed by atoms with Gasteiger partial charge in [-0.1, -0.05) is 18.2 Å². The molecule has 0 saturated carbocycles.